The molecule has 0 saturated carbocycles. The fourth-order valence-electron chi connectivity index (χ4n) is 2.39. The van der Waals surface area contributed by atoms with Crippen molar-refractivity contribution < 1.29 is 9.53 Å². The summed E-state index contributed by atoms with van der Waals surface area (Å²) in [6, 6.07) is 6.30. The van der Waals surface area contributed by atoms with Crippen LogP contribution in [0.5, 0.6) is 5.75 Å². The van der Waals surface area contributed by atoms with Crippen molar-refractivity contribution in [2.75, 3.05) is 6.61 Å². The first-order chi connectivity index (χ1) is 8.66. The number of amides is 1. The van der Waals surface area contributed by atoms with Gasteiger partial charge in [-0.2, -0.15) is 0 Å². The third kappa shape index (κ3) is 3.25. The Labute approximate surface area is 109 Å². The summed E-state index contributed by atoms with van der Waals surface area (Å²) in [5.74, 6) is 0.824. The van der Waals surface area contributed by atoms with Crippen LogP contribution in [0.1, 0.15) is 37.8 Å². The molecule has 0 saturated heterocycles. The molecule has 0 aliphatic heterocycles. The highest BCUT2D eigenvalue weighted by Crippen LogP contribution is 2.29. The summed E-state index contributed by atoms with van der Waals surface area (Å²) in [6.07, 6.45) is 4.66. The Kier molecular flexibility index (Phi) is 4.24. The van der Waals surface area contributed by atoms with E-state index in [1.165, 1.54) is 24.0 Å². The van der Waals surface area contributed by atoms with Gasteiger partial charge in [0.15, 0.2) is 6.61 Å². The smallest absolute Gasteiger partial charge is 0.258 e. The predicted octanol–water partition coefficient (Wildman–Crippen LogP) is 2.47. The Balaban J connectivity index is 1.99. The summed E-state index contributed by atoms with van der Waals surface area (Å²) in [5.41, 5.74) is 2.67. The second-order valence-electron chi connectivity index (χ2n) is 5.11. The highest BCUT2D eigenvalue weighted by molar-refractivity contribution is 5.77. The van der Waals surface area contributed by atoms with Crippen LogP contribution in [-0.4, -0.2) is 18.6 Å². The number of hydrogen-bond acceptors (Lipinski definition) is 2. The van der Waals surface area contributed by atoms with Gasteiger partial charge in [0.25, 0.3) is 5.91 Å². The van der Waals surface area contributed by atoms with Crippen LogP contribution in [0.2, 0.25) is 0 Å². The topological polar surface area (TPSA) is 38.3 Å². The van der Waals surface area contributed by atoms with Crippen molar-refractivity contribution in [2.24, 2.45) is 0 Å². The average molecular weight is 247 g/mol. The number of aryl methyl sites for hydroxylation is 1. The summed E-state index contributed by atoms with van der Waals surface area (Å²) in [7, 11) is 0. The molecule has 18 heavy (non-hydrogen) atoms. The Morgan fingerprint density at radius 1 is 1.33 bits per heavy atom. The van der Waals surface area contributed by atoms with Crippen LogP contribution in [0.3, 0.4) is 0 Å². The molecular formula is C15H21NO2. The van der Waals surface area contributed by atoms with Gasteiger partial charge in [-0.25, -0.2) is 0 Å². The normalized spacial score (nSPS) is 14.2. The fraction of sp³-hybridized carbons (Fsp3) is 0.533. The van der Waals surface area contributed by atoms with Crippen LogP contribution >= 0.6 is 0 Å². The number of ether oxygens (including phenoxy) is 1. The summed E-state index contributed by atoms with van der Waals surface area (Å²) in [4.78, 5) is 11.6. The maximum absolute atomic E-state index is 11.6. The van der Waals surface area contributed by atoms with Gasteiger partial charge in [0, 0.05) is 6.04 Å². The molecule has 0 aromatic heterocycles. The highest BCUT2D eigenvalue weighted by Gasteiger charge is 2.14. The average Bonchev–Trinajstić information content (AvgIpc) is 2.35. The first-order valence-corrected chi connectivity index (χ1v) is 6.69. The summed E-state index contributed by atoms with van der Waals surface area (Å²) < 4.78 is 5.66. The van der Waals surface area contributed by atoms with Crippen LogP contribution < -0.4 is 10.1 Å². The number of carbonyl (C=O) groups is 1. The Bertz CT molecular complexity index is 427. The molecule has 1 aromatic carbocycles. The van der Waals surface area contributed by atoms with Crippen molar-refractivity contribution in [3.05, 3.63) is 29.3 Å². The zero-order valence-electron chi connectivity index (χ0n) is 11.2. The standard InChI is InChI=1S/C15H21NO2/c1-11(2)16-15(17)10-18-14-9-5-7-12-6-3-4-8-13(12)14/h5,7,9,11H,3-4,6,8,10H2,1-2H3,(H,16,17). The minimum Gasteiger partial charge on any atom is -0.483 e. The third-order valence-electron chi connectivity index (χ3n) is 3.16. The van der Waals surface area contributed by atoms with E-state index in [0.717, 1.165) is 18.6 Å². The van der Waals surface area contributed by atoms with Crippen molar-refractivity contribution >= 4 is 5.91 Å². The molecule has 0 fully saturated rings. The lowest BCUT2D eigenvalue weighted by Crippen LogP contribution is -2.34. The van der Waals surface area contributed by atoms with Crippen molar-refractivity contribution in [3.63, 3.8) is 0 Å². The molecule has 98 valence electrons. The van der Waals surface area contributed by atoms with Crippen LogP contribution in [-0.2, 0) is 17.6 Å². The number of fused-ring (bicyclic) bond motifs is 1. The van der Waals surface area contributed by atoms with Gasteiger partial charge in [-0.05, 0) is 56.7 Å². The number of benzene rings is 1. The largest absolute Gasteiger partial charge is 0.483 e. The summed E-state index contributed by atoms with van der Waals surface area (Å²) in [6.45, 7) is 4.00. The molecule has 1 N–H and O–H groups in total. The van der Waals surface area contributed by atoms with E-state index in [1.807, 2.05) is 26.0 Å². The summed E-state index contributed by atoms with van der Waals surface area (Å²) >= 11 is 0. The maximum atomic E-state index is 11.6. The van der Waals surface area contributed by atoms with Crippen molar-refractivity contribution in [2.45, 2.75) is 45.6 Å². The van der Waals surface area contributed by atoms with Crippen LogP contribution in [0.4, 0.5) is 0 Å². The fourth-order valence-corrected chi connectivity index (χ4v) is 2.39. The van der Waals surface area contributed by atoms with Gasteiger partial charge in [-0.1, -0.05) is 12.1 Å². The number of carbonyl (C=O) groups excluding carboxylic acids is 1. The lowest BCUT2D eigenvalue weighted by molar-refractivity contribution is -0.123. The van der Waals surface area contributed by atoms with Gasteiger partial charge in [-0.15, -0.1) is 0 Å². The lowest BCUT2D eigenvalue weighted by atomic mass is 9.91. The Hall–Kier alpha value is -1.51. The molecule has 0 unspecified atom stereocenters. The molecule has 0 heterocycles. The minimum absolute atomic E-state index is 0.0570. The second kappa shape index (κ2) is 5.89. The van der Waals surface area contributed by atoms with Gasteiger partial charge < -0.3 is 10.1 Å². The third-order valence-corrected chi connectivity index (χ3v) is 3.16. The van der Waals surface area contributed by atoms with E-state index in [2.05, 4.69) is 11.4 Å². The zero-order chi connectivity index (χ0) is 13.0. The van der Waals surface area contributed by atoms with Gasteiger partial charge in [0.1, 0.15) is 5.75 Å². The molecule has 0 radical (unpaired) electrons. The van der Waals surface area contributed by atoms with Crippen LogP contribution in [0, 0.1) is 0 Å². The monoisotopic (exact) mass is 247 g/mol. The number of hydrogen-bond donors (Lipinski definition) is 1. The second-order valence-corrected chi connectivity index (χ2v) is 5.11. The number of rotatable bonds is 4. The molecule has 3 nitrogen and oxygen atoms in total. The molecule has 0 atom stereocenters. The minimum atomic E-state index is -0.0570. The Morgan fingerprint density at radius 2 is 2.11 bits per heavy atom. The van der Waals surface area contributed by atoms with Crippen molar-refractivity contribution in [1.82, 2.24) is 5.32 Å². The quantitative estimate of drug-likeness (QED) is 0.887. The molecule has 1 aliphatic carbocycles. The molecule has 1 amide bonds. The van der Waals surface area contributed by atoms with E-state index >= 15 is 0 Å². The van der Waals surface area contributed by atoms with Gasteiger partial charge in [-0.3, -0.25) is 4.79 Å². The van der Waals surface area contributed by atoms with E-state index in [4.69, 9.17) is 4.74 Å². The maximum Gasteiger partial charge on any atom is 0.258 e. The Morgan fingerprint density at radius 3 is 2.89 bits per heavy atom. The van der Waals surface area contributed by atoms with E-state index in [0.29, 0.717) is 0 Å². The van der Waals surface area contributed by atoms with E-state index < -0.39 is 0 Å². The molecule has 3 heteroatoms. The molecule has 1 aromatic rings. The highest BCUT2D eigenvalue weighted by atomic mass is 16.5. The van der Waals surface area contributed by atoms with E-state index in [9.17, 15) is 4.79 Å². The predicted molar refractivity (Wildman–Crippen MR) is 71.9 cm³/mol. The van der Waals surface area contributed by atoms with E-state index in [-0.39, 0.29) is 18.6 Å². The molecular weight excluding hydrogens is 226 g/mol. The first kappa shape index (κ1) is 12.9. The molecule has 1 aliphatic rings. The van der Waals surface area contributed by atoms with Crippen LogP contribution in [0.25, 0.3) is 0 Å². The molecule has 0 spiro atoms. The molecule has 0 bridgehead atoms. The SMILES string of the molecule is CC(C)NC(=O)COc1cccc2c1CCCC2. The van der Waals surface area contributed by atoms with Crippen LogP contribution in [0.15, 0.2) is 18.2 Å². The molecule has 2 rings (SSSR count). The lowest BCUT2D eigenvalue weighted by Gasteiger charge is -2.19. The van der Waals surface area contributed by atoms with Gasteiger partial charge >= 0.3 is 0 Å². The number of nitrogens with one attached hydrogen (secondary N) is 1. The first-order valence-electron chi connectivity index (χ1n) is 6.69. The summed E-state index contributed by atoms with van der Waals surface area (Å²) in [5, 5.41) is 2.83. The van der Waals surface area contributed by atoms with Crippen molar-refractivity contribution in [1.29, 1.82) is 0 Å². The zero-order valence-corrected chi connectivity index (χ0v) is 11.2. The van der Waals surface area contributed by atoms with Gasteiger partial charge in [0.2, 0.25) is 0 Å². The van der Waals surface area contributed by atoms with Crippen molar-refractivity contribution in [3.8, 4) is 5.75 Å². The van der Waals surface area contributed by atoms with Gasteiger partial charge in [0.05, 0.1) is 0 Å². The van der Waals surface area contributed by atoms with E-state index in [1.54, 1.807) is 0 Å².